The zero-order valence-electron chi connectivity index (χ0n) is 10.1. The lowest BCUT2D eigenvalue weighted by molar-refractivity contribution is 0.603. The van der Waals surface area contributed by atoms with Gasteiger partial charge in [0.2, 0.25) is 0 Å². The van der Waals surface area contributed by atoms with Crippen molar-refractivity contribution in [2.45, 2.75) is 0 Å². The van der Waals surface area contributed by atoms with Gasteiger partial charge in [-0.3, -0.25) is 0 Å². The van der Waals surface area contributed by atoms with Gasteiger partial charge >= 0.3 is 0 Å². The molecule has 0 spiro atoms. The second kappa shape index (κ2) is 5.02. The number of halogens is 3. The highest BCUT2D eigenvalue weighted by Gasteiger charge is 2.10. The van der Waals surface area contributed by atoms with E-state index in [9.17, 15) is 8.78 Å². The highest BCUT2D eigenvalue weighted by molar-refractivity contribution is 6.34. The molecule has 3 rings (SSSR count). The summed E-state index contributed by atoms with van der Waals surface area (Å²) in [6.45, 7) is 0. The van der Waals surface area contributed by atoms with Crippen molar-refractivity contribution in [1.82, 2.24) is 10.2 Å². The van der Waals surface area contributed by atoms with Crippen molar-refractivity contribution in [3.8, 4) is 0 Å². The van der Waals surface area contributed by atoms with Crippen molar-refractivity contribution in [2.75, 3.05) is 5.32 Å². The van der Waals surface area contributed by atoms with E-state index in [1.165, 1.54) is 0 Å². The first-order valence-corrected chi connectivity index (χ1v) is 6.16. The summed E-state index contributed by atoms with van der Waals surface area (Å²) in [6.07, 6.45) is 0. The van der Waals surface area contributed by atoms with Crippen LogP contribution in [0.25, 0.3) is 10.8 Å². The molecule has 0 bridgehead atoms. The Morgan fingerprint density at radius 2 is 1.70 bits per heavy atom. The number of fused-ring (bicyclic) bond motifs is 1. The molecule has 1 N–H and O–H groups in total. The van der Waals surface area contributed by atoms with Gasteiger partial charge in [0.1, 0.15) is 11.6 Å². The van der Waals surface area contributed by atoms with Crippen LogP contribution in [0.3, 0.4) is 0 Å². The molecular formula is C14H8ClF2N3. The van der Waals surface area contributed by atoms with Crippen molar-refractivity contribution < 1.29 is 8.78 Å². The van der Waals surface area contributed by atoms with Crippen molar-refractivity contribution in [3.63, 3.8) is 0 Å². The largest absolute Gasteiger partial charge is 0.336 e. The molecule has 0 radical (unpaired) electrons. The van der Waals surface area contributed by atoms with Crippen molar-refractivity contribution in [1.29, 1.82) is 0 Å². The average molecular weight is 292 g/mol. The molecule has 0 aliphatic carbocycles. The van der Waals surface area contributed by atoms with Gasteiger partial charge in [0, 0.05) is 16.8 Å². The predicted molar refractivity (Wildman–Crippen MR) is 74.2 cm³/mol. The van der Waals surface area contributed by atoms with Gasteiger partial charge in [0.15, 0.2) is 11.0 Å². The van der Waals surface area contributed by atoms with Gasteiger partial charge in [0.05, 0.1) is 5.69 Å². The van der Waals surface area contributed by atoms with Crippen molar-refractivity contribution in [2.24, 2.45) is 0 Å². The fourth-order valence-corrected chi connectivity index (χ4v) is 2.09. The Kier molecular flexibility index (Phi) is 3.20. The minimum Gasteiger partial charge on any atom is -0.336 e. The van der Waals surface area contributed by atoms with Gasteiger partial charge in [-0.1, -0.05) is 35.9 Å². The number of rotatable bonds is 2. The Bertz CT molecular complexity index is 792. The van der Waals surface area contributed by atoms with Crippen LogP contribution in [-0.4, -0.2) is 10.2 Å². The molecule has 0 amide bonds. The van der Waals surface area contributed by atoms with Crippen LogP contribution in [0.2, 0.25) is 5.15 Å². The molecule has 0 fully saturated rings. The van der Waals surface area contributed by atoms with Gasteiger partial charge in [-0.25, -0.2) is 8.78 Å². The van der Waals surface area contributed by atoms with E-state index in [1.54, 1.807) is 18.2 Å². The standard InChI is InChI=1S/C14H8ClF2N3/c15-13-9-3-1-2-4-10(9)14(20-19-13)18-12-7-8(16)5-6-11(12)17/h1-7H,(H,18,20). The van der Waals surface area contributed by atoms with E-state index in [4.69, 9.17) is 11.6 Å². The Hall–Kier alpha value is -2.27. The number of benzene rings is 2. The summed E-state index contributed by atoms with van der Waals surface area (Å²) in [4.78, 5) is 0. The fraction of sp³-hybridized carbons (Fsp3) is 0. The van der Waals surface area contributed by atoms with Crippen LogP contribution in [-0.2, 0) is 0 Å². The lowest BCUT2D eigenvalue weighted by Crippen LogP contribution is -2.00. The minimum atomic E-state index is -0.577. The minimum absolute atomic E-state index is 0.00762. The molecule has 0 saturated heterocycles. The Labute approximate surface area is 118 Å². The number of nitrogens with zero attached hydrogens (tertiary/aromatic N) is 2. The first kappa shape index (κ1) is 12.7. The molecular weight excluding hydrogens is 284 g/mol. The third kappa shape index (κ3) is 2.28. The monoisotopic (exact) mass is 291 g/mol. The Balaban J connectivity index is 2.11. The molecule has 1 heterocycles. The third-order valence-electron chi connectivity index (χ3n) is 2.82. The highest BCUT2D eigenvalue weighted by Crippen LogP contribution is 2.28. The predicted octanol–water partition coefficient (Wildman–Crippen LogP) is 4.31. The highest BCUT2D eigenvalue weighted by atomic mass is 35.5. The summed E-state index contributed by atoms with van der Waals surface area (Å²) in [7, 11) is 0. The third-order valence-corrected chi connectivity index (χ3v) is 3.10. The summed E-state index contributed by atoms with van der Waals surface area (Å²) >= 11 is 5.95. The second-order valence-corrected chi connectivity index (χ2v) is 4.49. The van der Waals surface area contributed by atoms with Gasteiger partial charge in [0.25, 0.3) is 0 Å². The van der Waals surface area contributed by atoms with Gasteiger partial charge in [-0.2, -0.15) is 0 Å². The van der Waals surface area contributed by atoms with Gasteiger partial charge < -0.3 is 5.32 Å². The summed E-state index contributed by atoms with van der Waals surface area (Å²) in [5, 5.41) is 12.0. The molecule has 0 saturated carbocycles. The Morgan fingerprint density at radius 3 is 2.50 bits per heavy atom. The number of nitrogens with one attached hydrogen (secondary N) is 1. The maximum absolute atomic E-state index is 13.6. The Morgan fingerprint density at radius 1 is 0.950 bits per heavy atom. The number of anilines is 2. The maximum atomic E-state index is 13.6. The van der Waals surface area contributed by atoms with Crippen molar-refractivity contribution in [3.05, 3.63) is 59.3 Å². The zero-order valence-corrected chi connectivity index (χ0v) is 10.8. The van der Waals surface area contributed by atoms with Crippen LogP contribution in [0.5, 0.6) is 0 Å². The molecule has 3 nitrogen and oxygen atoms in total. The SMILES string of the molecule is Fc1ccc(F)c(Nc2nnc(Cl)c3ccccc23)c1. The maximum Gasteiger partial charge on any atom is 0.161 e. The molecule has 1 aromatic heterocycles. The molecule has 6 heteroatoms. The summed E-state index contributed by atoms with van der Waals surface area (Å²) in [5.74, 6) is -0.804. The van der Waals surface area contributed by atoms with E-state index in [2.05, 4.69) is 15.5 Å². The van der Waals surface area contributed by atoms with Crippen LogP contribution in [0.4, 0.5) is 20.3 Å². The molecule has 0 aliphatic rings. The topological polar surface area (TPSA) is 37.8 Å². The summed E-state index contributed by atoms with van der Waals surface area (Å²) < 4.78 is 26.8. The van der Waals surface area contributed by atoms with Crippen LogP contribution in [0.15, 0.2) is 42.5 Å². The molecule has 0 unspecified atom stereocenters. The van der Waals surface area contributed by atoms with Crippen molar-refractivity contribution >= 4 is 33.9 Å². The fourth-order valence-electron chi connectivity index (χ4n) is 1.88. The molecule has 2 aromatic carbocycles. The van der Waals surface area contributed by atoms with Gasteiger partial charge in [-0.05, 0) is 12.1 Å². The zero-order chi connectivity index (χ0) is 14.1. The number of hydrogen-bond acceptors (Lipinski definition) is 3. The van der Waals surface area contributed by atoms with E-state index in [0.717, 1.165) is 18.2 Å². The lowest BCUT2D eigenvalue weighted by Gasteiger charge is -2.09. The van der Waals surface area contributed by atoms with Crippen LogP contribution < -0.4 is 5.32 Å². The van der Waals surface area contributed by atoms with Crippen LogP contribution in [0, 0.1) is 11.6 Å². The van der Waals surface area contributed by atoms with Gasteiger partial charge in [-0.15, -0.1) is 10.2 Å². The van der Waals surface area contributed by atoms with E-state index in [0.29, 0.717) is 16.6 Å². The van der Waals surface area contributed by atoms with E-state index < -0.39 is 11.6 Å². The quantitative estimate of drug-likeness (QED) is 0.765. The molecule has 0 aliphatic heterocycles. The lowest BCUT2D eigenvalue weighted by atomic mass is 10.2. The average Bonchev–Trinajstić information content (AvgIpc) is 2.46. The smallest absolute Gasteiger partial charge is 0.161 e. The van der Waals surface area contributed by atoms with E-state index >= 15 is 0 Å². The number of hydrogen-bond donors (Lipinski definition) is 1. The summed E-state index contributed by atoms with van der Waals surface area (Å²) in [6, 6.07) is 10.3. The summed E-state index contributed by atoms with van der Waals surface area (Å²) in [5.41, 5.74) is -0.00762. The van der Waals surface area contributed by atoms with E-state index in [1.807, 2.05) is 6.07 Å². The molecule has 3 aromatic rings. The van der Waals surface area contributed by atoms with Crippen LogP contribution >= 0.6 is 11.6 Å². The van der Waals surface area contributed by atoms with Crippen LogP contribution in [0.1, 0.15) is 0 Å². The number of aromatic nitrogens is 2. The second-order valence-electron chi connectivity index (χ2n) is 4.13. The first-order chi connectivity index (χ1) is 9.65. The normalized spacial score (nSPS) is 10.8. The van der Waals surface area contributed by atoms with E-state index in [-0.39, 0.29) is 10.8 Å². The molecule has 20 heavy (non-hydrogen) atoms. The molecule has 0 atom stereocenters. The first-order valence-electron chi connectivity index (χ1n) is 5.78. The molecule has 100 valence electrons.